The van der Waals surface area contributed by atoms with Crippen LogP contribution >= 0.6 is 63.7 Å². The summed E-state index contributed by atoms with van der Waals surface area (Å²) in [7, 11) is 0. The highest BCUT2D eigenvalue weighted by Gasteiger charge is 2.33. The van der Waals surface area contributed by atoms with Gasteiger partial charge in [0.1, 0.15) is 0 Å². The van der Waals surface area contributed by atoms with Crippen molar-refractivity contribution in [3.63, 3.8) is 0 Å². The second-order valence-electron chi connectivity index (χ2n) is 2.50. The van der Waals surface area contributed by atoms with E-state index in [0.717, 1.165) is 0 Å². The number of hydrogen-bond acceptors (Lipinski definition) is 0. The summed E-state index contributed by atoms with van der Waals surface area (Å²) < 4.78 is 0. The first-order valence-electron chi connectivity index (χ1n) is 3.19. The topological polar surface area (TPSA) is 0 Å². The predicted molar refractivity (Wildman–Crippen MR) is 60.1 cm³/mol. The van der Waals surface area contributed by atoms with Crippen molar-refractivity contribution < 1.29 is 0 Å². The van der Waals surface area contributed by atoms with Gasteiger partial charge in [-0.1, -0.05) is 63.7 Å². The Morgan fingerprint density at radius 1 is 0.700 bits per heavy atom. The molecule has 1 aliphatic rings. The average molecular weight is 400 g/mol. The normalized spacial score (nSPS) is 49.2. The van der Waals surface area contributed by atoms with E-state index in [1.165, 1.54) is 12.8 Å². The van der Waals surface area contributed by atoms with Gasteiger partial charge in [0.15, 0.2) is 0 Å². The minimum absolute atomic E-state index is 0.547. The molecule has 1 rings (SSSR count). The summed E-state index contributed by atoms with van der Waals surface area (Å²) in [6.07, 6.45) is 2.49. The minimum Gasteiger partial charge on any atom is -0.0878 e. The zero-order chi connectivity index (χ0) is 7.72. The zero-order valence-corrected chi connectivity index (χ0v) is 11.6. The molecule has 0 unspecified atom stereocenters. The molecule has 0 aromatic heterocycles. The largest absolute Gasteiger partial charge is 0.0878 e. The SMILES string of the molecule is Br[C@@H]1[C@@H](Br)[C@@H](Br)CC[C@H]1Br. The first-order chi connectivity index (χ1) is 4.63. The van der Waals surface area contributed by atoms with E-state index in [4.69, 9.17) is 0 Å². The Morgan fingerprint density at radius 3 is 1.30 bits per heavy atom. The highest BCUT2D eigenvalue weighted by molar-refractivity contribution is 9.14. The van der Waals surface area contributed by atoms with E-state index in [-0.39, 0.29) is 0 Å². The van der Waals surface area contributed by atoms with Crippen LogP contribution in [0.5, 0.6) is 0 Å². The molecule has 4 heteroatoms. The third-order valence-corrected chi connectivity index (χ3v) is 8.31. The molecule has 10 heavy (non-hydrogen) atoms. The third kappa shape index (κ3) is 2.20. The van der Waals surface area contributed by atoms with Gasteiger partial charge in [-0.05, 0) is 12.8 Å². The molecule has 0 nitrogen and oxygen atoms in total. The van der Waals surface area contributed by atoms with Crippen molar-refractivity contribution in [1.82, 2.24) is 0 Å². The quantitative estimate of drug-likeness (QED) is 0.543. The summed E-state index contributed by atoms with van der Waals surface area (Å²) in [5.74, 6) is 0. The fourth-order valence-corrected chi connectivity index (χ4v) is 4.31. The van der Waals surface area contributed by atoms with Crippen LogP contribution in [-0.4, -0.2) is 19.3 Å². The van der Waals surface area contributed by atoms with Crippen LogP contribution in [-0.2, 0) is 0 Å². The van der Waals surface area contributed by atoms with E-state index in [1.807, 2.05) is 0 Å². The van der Waals surface area contributed by atoms with Gasteiger partial charge in [-0.25, -0.2) is 0 Å². The van der Waals surface area contributed by atoms with Gasteiger partial charge in [0.25, 0.3) is 0 Å². The summed E-state index contributed by atoms with van der Waals surface area (Å²) in [5.41, 5.74) is 0. The van der Waals surface area contributed by atoms with Crippen molar-refractivity contribution in [3.05, 3.63) is 0 Å². The van der Waals surface area contributed by atoms with Crippen molar-refractivity contribution in [2.75, 3.05) is 0 Å². The van der Waals surface area contributed by atoms with E-state index in [9.17, 15) is 0 Å². The van der Waals surface area contributed by atoms with Gasteiger partial charge in [0.2, 0.25) is 0 Å². The second kappa shape index (κ2) is 4.24. The van der Waals surface area contributed by atoms with Crippen LogP contribution in [0.1, 0.15) is 12.8 Å². The lowest BCUT2D eigenvalue weighted by Gasteiger charge is -2.31. The Hall–Kier alpha value is 1.92. The summed E-state index contributed by atoms with van der Waals surface area (Å²) in [4.78, 5) is 2.33. The molecule has 4 atom stereocenters. The van der Waals surface area contributed by atoms with Crippen molar-refractivity contribution in [3.8, 4) is 0 Å². The van der Waals surface area contributed by atoms with E-state index in [2.05, 4.69) is 63.7 Å². The van der Waals surface area contributed by atoms with Crippen LogP contribution in [0.25, 0.3) is 0 Å². The van der Waals surface area contributed by atoms with Gasteiger partial charge in [-0.3, -0.25) is 0 Å². The molecule has 1 aliphatic carbocycles. The second-order valence-corrected chi connectivity index (χ2v) is 6.97. The maximum Gasteiger partial charge on any atom is 0.0407 e. The van der Waals surface area contributed by atoms with Gasteiger partial charge in [-0.15, -0.1) is 0 Å². The van der Waals surface area contributed by atoms with E-state index in [1.54, 1.807) is 0 Å². The lowest BCUT2D eigenvalue weighted by Crippen LogP contribution is -2.36. The Bertz CT molecular complexity index is 102. The van der Waals surface area contributed by atoms with Gasteiger partial charge in [0.05, 0.1) is 0 Å². The Balaban J connectivity index is 2.52. The molecule has 0 aliphatic heterocycles. The molecule has 60 valence electrons. The average Bonchev–Trinajstić information content (AvgIpc) is 1.93. The number of hydrogen-bond donors (Lipinski definition) is 0. The lowest BCUT2D eigenvalue weighted by molar-refractivity contribution is 0.574. The van der Waals surface area contributed by atoms with E-state index >= 15 is 0 Å². The highest BCUT2D eigenvalue weighted by Crippen LogP contribution is 2.37. The molecule has 0 radical (unpaired) electrons. The molecule has 0 N–H and O–H groups in total. The zero-order valence-electron chi connectivity index (χ0n) is 5.24. The molecule has 0 aromatic rings. The molecule has 0 amide bonds. The predicted octanol–water partition coefficient (Wildman–Crippen LogP) is 3.83. The smallest absolute Gasteiger partial charge is 0.0407 e. The van der Waals surface area contributed by atoms with Crippen LogP contribution in [0.15, 0.2) is 0 Å². The molecule has 0 spiro atoms. The standard InChI is InChI=1S/C6H8Br4/c7-3-1-2-4(8)6(10)5(3)9/h3-6H,1-2H2/t3-,4+,5-,6-/m0/s1. The molecule has 0 bridgehead atoms. The summed E-state index contributed by atoms with van der Waals surface area (Å²) >= 11 is 14.5. The number of halogens is 4. The maximum atomic E-state index is 3.64. The number of alkyl halides is 4. The summed E-state index contributed by atoms with van der Waals surface area (Å²) in [6.45, 7) is 0. The minimum atomic E-state index is 0.547. The summed E-state index contributed by atoms with van der Waals surface area (Å²) in [5, 5.41) is 0. The summed E-state index contributed by atoms with van der Waals surface area (Å²) in [6, 6.07) is 0. The molecule has 1 fully saturated rings. The van der Waals surface area contributed by atoms with Gasteiger partial charge in [-0.2, -0.15) is 0 Å². The Morgan fingerprint density at radius 2 is 1.00 bits per heavy atom. The first-order valence-corrected chi connectivity index (χ1v) is 6.85. The van der Waals surface area contributed by atoms with Crippen molar-refractivity contribution in [2.45, 2.75) is 32.2 Å². The van der Waals surface area contributed by atoms with Crippen LogP contribution in [0, 0.1) is 0 Å². The molecular formula is C6H8Br4. The number of rotatable bonds is 0. The maximum absolute atomic E-state index is 3.64. The molecular weight excluding hydrogens is 392 g/mol. The molecule has 0 aromatic carbocycles. The monoisotopic (exact) mass is 396 g/mol. The lowest BCUT2D eigenvalue weighted by atomic mass is 10.0. The van der Waals surface area contributed by atoms with Gasteiger partial charge < -0.3 is 0 Å². The van der Waals surface area contributed by atoms with Crippen LogP contribution in [0.2, 0.25) is 0 Å². The fraction of sp³-hybridized carbons (Fsp3) is 1.00. The third-order valence-electron chi connectivity index (χ3n) is 1.71. The van der Waals surface area contributed by atoms with E-state index in [0.29, 0.717) is 19.3 Å². The first kappa shape index (κ1) is 10.0. The fourth-order valence-electron chi connectivity index (χ4n) is 1.04. The van der Waals surface area contributed by atoms with Crippen LogP contribution in [0.4, 0.5) is 0 Å². The van der Waals surface area contributed by atoms with Gasteiger partial charge >= 0.3 is 0 Å². The highest BCUT2D eigenvalue weighted by atomic mass is 79.9. The molecule has 0 saturated heterocycles. The van der Waals surface area contributed by atoms with Crippen molar-refractivity contribution in [1.29, 1.82) is 0 Å². The van der Waals surface area contributed by atoms with Crippen LogP contribution < -0.4 is 0 Å². The molecule has 1 saturated carbocycles. The molecule has 0 heterocycles. The van der Waals surface area contributed by atoms with Gasteiger partial charge in [0, 0.05) is 19.3 Å². The van der Waals surface area contributed by atoms with Crippen molar-refractivity contribution in [2.24, 2.45) is 0 Å². The van der Waals surface area contributed by atoms with Crippen LogP contribution in [0.3, 0.4) is 0 Å². The Labute approximate surface area is 95.0 Å². The van der Waals surface area contributed by atoms with Crippen molar-refractivity contribution >= 4 is 63.7 Å². The van der Waals surface area contributed by atoms with E-state index < -0.39 is 0 Å². The Kier molecular flexibility index (Phi) is 4.24.